The summed E-state index contributed by atoms with van der Waals surface area (Å²) in [6.45, 7) is 7.61. The molecule has 3 fully saturated rings. The quantitative estimate of drug-likeness (QED) is 0.380. The van der Waals surface area contributed by atoms with Crippen molar-refractivity contribution in [2.45, 2.75) is 57.8 Å². The fourth-order valence-corrected chi connectivity index (χ4v) is 2.58. The van der Waals surface area contributed by atoms with Gasteiger partial charge in [-0.05, 0) is 0 Å². The van der Waals surface area contributed by atoms with Gasteiger partial charge in [0, 0.05) is 0 Å². The van der Waals surface area contributed by atoms with Crippen LogP contribution < -0.4 is 0 Å². The molecule has 4 aliphatic rings. The second-order valence-electron chi connectivity index (χ2n) is 6.33. The Labute approximate surface area is 174 Å². The van der Waals surface area contributed by atoms with E-state index in [4.69, 9.17) is 0 Å². The first-order valence-electron chi connectivity index (χ1n) is 9.99. The van der Waals surface area contributed by atoms with Crippen molar-refractivity contribution in [1.29, 1.82) is 0 Å². The zero-order valence-corrected chi connectivity index (χ0v) is 17.8. The fraction of sp³-hybridized carbons (Fsp3) is 0.800. The van der Waals surface area contributed by atoms with Crippen LogP contribution in [-0.2, 0) is 15.1 Å². The van der Waals surface area contributed by atoms with Crippen LogP contribution in [0, 0.1) is 0 Å². The van der Waals surface area contributed by atoms with E-state index in [2.05, 4.69) is 46.5 Å². The van der Waals surface area contributed by atoms with Gasteiger partial charge in [-0.15, -0.1) is 51.9 Å². The Balaban J connectivity index is 0.000000310. The first-order chi connectivity index (χ1) is 13.0. The van der Waals surface area contributed by atoms with Crippen molar-refractivity contribution in [3.8, 4) is 0 Å². The number of piperidine rings is 3. The van der Waals surface area contributed by atoms with Gasteiger partial charge in [-0.2, -0.15) is 6.20 Å². The maximum atomic E-state index is 4.20. The van der Waals surface area contributed by atoms with E-state index >= 15 is 0 Å². The summed E-state index contributed by atoms with van der Waals surface area (Å²) in [6.07, 6.45) is 20.0. The molecule has 0 bridgehead atoms. The minimum atomic E-state index is 0.858. The average molecular weight is 432 g/mol. The summed E-state index contributed by atoms with van der Waals surface area (Å²) in [7, 11) is 4.20. The molecule has 0 aromatic rings. The summed E-state index contributed by atoms with van der Waals surface area (Å²) < 4.78 is 0. The number of hydrogen-bond acceptors (Lipinski definition) is 0. The molecule has 3 saturated heterocycles. The number of rotatable bonds is 0. The van der Waals surface area contributed by atoms with Crippen LogP contribution in [0.15, 0.2) is 24.4 Å². The van der Waals surface area contributed by atoms with E-state index in [0.29, 0.717) is 0 Å². The molecule has 0 atom stereocenters. The average Bonchev–Trinajstić information content (AvgIpc) is 2.81. The summed E-state index contributed by atoms with van der Waals surface area (Å²) >= 11 is 3.66. The molecule has 4 heterocycles. The van der Waals surface area contributed by atoms with E-state index in [9.17, 15) is 0 Å². The van der Waals surface area contributed by atoms with Crippen LogP contribution in [-0.4, -0.2) is 45.8 Å². The molecular formula is C20H36ClCuN4-3. The number of nitrogens with zero attached hydrogens (tertiary/aromatic N) is 4. The summed E-state index contributed by atoms with van der Waals surface area (Å²) in [6, 6.07) is 0. The van der Waals surface area contributed by atoms with Gasteiger partial charge in [0.1, 0.15) is 0 Å². The first kappa shape index (κ1) is 26.0. The molecule has 0 saturated carbocycles. The van der Waals surface area contributed by atoms with Crippen molar-refractivity contribution in [2.75, 3.05) is 45.8 Å². The Kier molecular flexibility index (Phi) is 24.9. The monoisotopic (exact) mass is 430 g/mol. The van der Waals surface area contributed by atoms with Crippen LogP contribution >= 0.6 is 10.1 Å². The third kappa shape index (κ3) is 22.0. The molecule has 0 aromatic carbocycles. The second-order valence-corrected chi connectivity index (χ2v) is 6.33. The maximum absolute atomic E-state index is 4.20. The van der Waals surface area contributed by atoms with Crippen LogP contribution in [0.1, 0.15) is 57.8 Å². The fourth-order valence-electron chi connectivity index (χ4n) is 2.58. The molecule has 0 radical (unpaired) electrons. The van der Waals surface area contributed by atoms with E-state index in [-0.39, 0.29) is 0 Å². The molecule has 6 heteroatoms. The van der Waals surface area contributed by atoms with Crippen LogP contribution in [0.4, 0.5) is 0 Å². The molecular weight excluding hydrogens is 395 g/mol. The Morgan fingerprint density at radius 1 is 0.538 bits per heavy atom. The molecule has 0 N–H and O–H groups in total. The van der Waals surface area contributed by atoms with Crippen molar-refractivity contribution >= 4 is 10.1 Å². The van der Waals surface area contributed by atoms with Crippen LogP contribution in [0.5, 0.6) is 0 Å². The standard InChI is InChI=1S/3C5H10N.C5H6N.ClH.Cu/c4*1-2-4-6-5-3-1;;/h3*1-5H2;1-4H,5H2;1H;/q4*-1;;+2/p-1. The van der Waals surface area contributed by atoms with Gasteiger partial charge < -0.3 is 21.3 Å². The Morgan fingerprint density at radius 3 is 1.00 bits per heavy atom. The SMILES string of the molecule is C1=CC[N-]C=C1.C1CC[N-]CC1.C1CC[N-]CC1.C1CC[N-]CC1.[Cl][Cu+]. The molecule has 0 spiro atoms. The zero-order valence-electron chi connectivity index (χ0n) is 16.1. The van der Waals surface area contributed by atoms with Gasteiger partial charge in [-0.1, -0.05) is 69.9 Å². The summed E-state index contributed by atoms with van der Waals surface area (Å²) in [5.41, 5.74) is 0. The Hall–Kier alpha value is -0.0305. The van der Waals surface area contributed by atoms with Gasteiger partial charge in [0.05, 0.1) is 0 Å². The Bertz CT molecular complexity index is 227. The van der Waals surface area contributed by atoms with Gasteiger partial charge in [-0.3, -0.25) is 0 Å². The van der Waals surface area contributed by atoms with Crippen LogP contribution in [0.2, 0.25) is 0 Å². The van der Waals surface area contributed by atoms with Crippen molar-refractivity contribution in [3.05, 3.63) is 45.7 Å². The first-order valence-corrected chi connectivity index (χ1v) is 11.3. The predicted molar refractivity (Wildman–Crippen MR) is 113 cm³/mol. The molecule has 4 rings (SSSR count). The second kappa shape index (κ2) is 25.0. The van der Waals surface area contributed by atoms with Crippen molar-refractivity contribution < 1.29 is 15.1 Å². The van der Waals surface area contributed by atoms with E-state index in [1.165, 1.54) is 57.8 Å². The molecule has 0 aliphatic carbocycles. The predicted octanol–water partition coefficient (Wildman–Crippen LogP) is 6.76. The topological polar surface area (TPSA) is 56.4 Å². The summed E-state index contributed by atoms with van der Waals surface area (Å²) in [4.78, 5) is 0. The Morgan fingerprint density at radius 2 is 0.923 bits per heavy atom. The van der Waals surface area contributed by atoms with E-state index in [1.807, 2.05) is 18.2 Å². The van der Waals surface area contributed by atoms with Crippen molar-refractivity contribution in [1.82, 2.24) is 0 Å². The van der Waals surface area contributed by atoms with E-state index < -0.39 is 0 Å². The van der Waals surface area contributed by atoms with Gasteiger partial charge in [0.25, 0.3) is 0 Å². The summed E-state index contributed by atoms with van der Waals surface area (Å²) in [5.74, 6) is 0. The van der Waals surface area contributed by atoms with Crippen LogP contribution in [0.3, 0.4) is 0 Å². The number of allylic oxidation sites excluding steroid dienone is 2. The van der Waals surface area contributed by atoms with Gasteiger partial charge in [0.2, 0.25) is 0 Å². The number of hydrogen-bond donors (Lipinski definition) is 0. The minimum absolute atomic E-state index is 0.858. The van der Waals surface area contributed by atoms with E-state index in [1.54, 1.807) is 6.20 Å². The third-order valence-corrected chi connectivity index (χ3v) is 4.05. The van der Waals surface area contributed by atoms with Crippen LogP contribution in [0.25, 0.3) is 21.3 Å². The van der Waals surface area contributed by atoms with Gasteiger partial charge in [0.15, 0.2) is 0 Å². The molecule has 4 aliphatic heterocycles. The zero-order chi connectivity index (χ0) is 19.0. The molecule has 0 amide bonds. The molecule has 4 nitrogen and oxygen atoms in total. The van der Waals surface area contributed by atoms with Gasteiger partial charge >= 0.3 is 25.2 Å². The molecule has 0 unspecified atom stereocenters. The van der Waals surface area contributed by atoms with E-state index in [0.717, 1.165) is 45.8 Å². The third-order valence-electron chi connectivity index (χ3n) is 4.05. The molecule has 26 heavy (non-hydrogen) atoms. The van der Waals surface area contributed by atoms with Crippen molar-refractivity contribution in [2.24, 2.45) is 0 Å². The number of halogens is 1. The molecule has 157 valence electrons. The summed E-state index contributed by atoms with van der Waals surface area (Å²) in [5, 5.41) is 16.4. The van der Waals surface area contributed by atoms with Crippen molar-refractivity contribution in [3.63, 3.8) is 0 Å². The molecule has 0 aromatic heterocycles. The van der Waals surface area contributed by atoms with Gasteiger partial charge in [-0.25, -0.2) is 0 Å². The normalized spacial score (nSPS) is 20.9.